The van der Waals surface area contributed by atoms with Crippen LogP contribution in [0.3, 0.4) is 0 Å². The molecule has 0 saturated heterocycles. The highest BCUT2D eigenvalue weighted by Crippen LogP contribution is 2.39. The zero-order chi connectivity index (χ0) is 33.3. The van der Waals surface area contributed by atoms with Crippen molar-refractivity contribution >= 4 is 80.8 Å². The van der Waals surface area contributed by atoms with E-state index < -0.39 is 35.0 Å². The maximum Gasteiger partial charge on any atom is 0.434 e. The molecule has 1 aliphatic heterocycles. The molecule has 3 aromatic carbocycles. The molecule has 0 unspecified atom stereocenters. The summed E-state index contributed by atoms with van der Waals surface area (Å²) < 4.78 is 61.4. The first-order valence-corrected chi connectivity index (χ1v) is 16.3. The molecule has 0 amide bonds. The first-order chi connectivity index (χ1) is 21.8. The van der Waals surface area contributed by atoms with Gasteiger partial charge in [0.2, 0.25) is 0 Å². The lowest BCUT2D eigenvalue weighted by Gasteiger charge is -2.26. The van der Waals surface area contributed by atoms with Gasteiger partial charge in [0, 0.05) is 20.6 Å². The van der Waals surface area contributed by atoms with Crippen LogP contribution in [-0.2, 0) is 16.1 Å². The maximum absolute atomic E-state index is 14.4. The van der Waals surface area contributed by atoms with Crippen molar-refractivity contribution in [3.8, 4) is 11.5 Å². The SMILES string of the molecule is CCOC(=O)C1=C(C(F)(F)F)N=c2s/c(=C\c3cc(I)c(OCc4ccc(Cl)cc4Cl)c(OC)c3)c(=O)n2[C@H]1c1ccc(Cl)cc1. The van der Waals surface area contributed by atoms with Gasteiger partial charge >= 0.3 is 12.1 Å². The summed E-state index contributed by atoms with van der Waals surface area (Å²) in [6.45, 7) is 1.41. The number of allylic oxidation sites excluding steroid dienone is 1. The van der Waals surface area contributed by atoms with Crippen LogP contribution in [0.15, 0.2) is 75.7 Å². The number of alkyl halides is 3. The summed E-state index contributed by atoms with van der Waals surface area (Å²) in [5.74, 6) is -0.467. The van der Waals surface area contributed by atoms with Crippen molar-refractivity contribution in [2.24, 2.45) is 4.99 Å². The zero-order valence-electron chi connectivity index (χ0n) is 23.8. The Morgan fingerprint density at radius 1 is 1.09 bits per heavy atom. The smallest absolute Gasteiger partial charge is 0.434 e. The van der Waals surface area contributed by atoms with E-state index in [0.29, 0.717) is 41.3 Å². The minimum Gasteiger partial charge on any atom is -0.493 e. The molecule has 0 spiro atoms. The quantitative estimate of drug-likeness (QED) is 0.136. The Labute approximate surface area is 292 Å². The molecule has 0 saturated carbocycles. The molecule has 1 aliphatic rings. The third-order valence-corrected chi connectivity index (χ3v) is 9.34. The number of methoxy groups -OCH3 is 1. The van der Waals surface area contributed by atoms with Gasteiger partial charge in [0.05, 0.1) is 33.4 Å². The molecular weight excluding hydrogens is 803 g/mol. The fraction of sp³-hybridized carbons (Fsp3) is 0.194. The molecule has 15 heteroatoms. The minimum absolute atomic E-state index is 0.0730. The minimum atomic E-state index is -5.02. The first kappa shape index (κ1) is 34.3. The van der Waals surface area contributed by atoms with Gasteiger partial charge in [-0.05, 0) is 83.1 Å². The summed E-state index contributed by atoms with van der Waals surface area (Å²) in [5, 5.41) is 1.24. The number of thiazole rings is 1. The summed E-state index contributed by atoms with van der Waals surface area (Å²) in [6.07, 6.45) is -3.51. The van der Waals surface area contributed by atoms with Crippen molar-refractivity contribution in [2.45, 2.75) is 25.7 Å². The van der Waals surface area contributed by atoms with Crippen molar-refractivity contribution in [3.05, 3.63) is 121 Å². The molecule has 1 atom stereocenters. The summed E-state index contributed by atoms with van der Waals surface area (Å²) >= 11 is 21.1. The molecule has 46 heavy (non-hydrogen) atoms. The van der Waals surface area contributed by atoms with Crippen LogP contribution in [0.5, 0.6) is 11.5 Å². The van der Waals surface area contributed by atoms with Gasteiger partial charge in [-0.1, -0.05) is 64.3 Å². The molecule has 5 rings (SSSR count). The highest BCUT2D eigenvalue weighted by Gasteiger charge is 2.45. The molecule has 0 bridgehead atoms. The van der Waals surface area contributed by atoms with Crippen molar-refractivity contribution in [1.29, 1.82) is 0 Å². The van der Waals surface area contributed by atoms with E-state index in [-0.39, 0.29) is 28.1 Å². The van der Waals surface area contributed by atoms with Crippen molar-refractivity contribution in [2.75, 3.05) is 13.7 Å². The van der Waals surface area contributed by atoms with E-state index in [2.05, 4.69) is 27.6 Å². The predicted octanol–water partition coefficient (Wildman–Crippen LogP) is 7.49. The van der Waals surface area contributed by atoms with Crippen LogP contribution in [0.4, 0.5) is 13.2 Å². The van der Waals surface area contributed by atoms with E-state index in [1.54, 1.807) is 30.3 Å². The first-order valence-electron chi connectivity index (χ1n) is 13.3. The lowest BCUT2D eigenvalue weighted by molar-refractivity contribution is -0.140. The number of benzene rings is 3. The average Bonchev–Trinajstić information content (AvgIpc) is 3.30. The van der Waals surface area contributed by atoms with Gasteiger partial charge < -0.3 is 14.2 Å². The van der Waals surface area contributed by atoms with Crippen molar-refractivity contribution in [1.82, 2.24) is 4.57 Å². The number of fused-ring (bicyclic) bond motifs is 1. The predicted molar refractivity (Wildman–Crippen MR) is 179 cm³/mol. The van der Waals surface area contributed by atoms with Crippen LogP contribution in [0.1, 0.15) is 29.7 Å². The lowest BCUT2D eigenvalue weighted by atomic mass is 9.95. The molecule has 2 heterocycles. The molecule has 4 aromatic rings. The Morgan fingerprint density at radius 3 is 2.41 bits per heavy atom. The second-order valence-electron chi connectivity index (χ2n) is 9.67. The van der Waals surface area contributed by atoms with E-state index in [1.165, 1.54) is 44.4 Å². The topological polar surface area (TPSA) is 79.1 Å². The van der Waals surface area contributed by atoms with Crippen LogP contribution < -0.4 is 24.4 Å². The number of esters is 1. The third-order valence-electron chi connectivity index (χ3n) is 6.72. The van der Waals surface area contributed by atoms with Crippen LogP contribution >= 0.6 is 68.7 Å². The Kier molecular flexibility index (Phi) is 10.4. The highest BCUT2D eigenvalue weighted by molar-refractivity contribution is 14.1. The fourth-order valence-corrected chi connectivity index (χ4v) is 7.08. The van der Waals surface area contributed by atoms with Crippen LogP contribution in [0.2, 0.25) is 15.1 Å². The van der Waals surface area contributed by atoms with Gasteiger partial charge in [-0.2, -0.15) is 13.2 Å². The van der Waals surface area contributed by atoms with E-state index >= 15 is 0 Å². The van der Waals surface area contributed by atoms with Gasteiger partial charge in [0.1, 0.15) is 6.61 Å². The van der Waals surface area contributed by atoms with Crippen LogP contribution in [0, 0.1) is 3.57 Å². The zero-order valence-corrected chi connectivity index (χ0v) is 29.0. The number of ether oxygens (including phenoxy) is 3. The number of rotatable bonds is 8. The van der Waals surface area contributed by atoms with Crippen molar-refractivity contribution < 1.29 is 32.2 Å². The molecule has 7 nitrogen and oxygen atoms in total. The van der Waals surface area contributed by atoms with E-state index in [1.807, 2.05) is 0 Å². The number of carbonyl (C=O) groups is 1. The number of aromatic nitrogens is 1. The second-order valence-corrected chi connectivity index (χ2v) is 13.1. The number of halogens is 7. The third kappa shape index (κ3) is 7.10. The Bertz CT molecular complexity index is 2050. The number of nitrogens with zero attached hydrogens (tertiary/aromatic N) is 2. The largest absolute Gasteiger partial charge is 0.493 e. The highest BCUT2D eigenvalue weighted by atomic mass is 127. The summed E-state index contributed by atoms with van der Waals surface area (Å²) in [6, 6.07) is 12.7. The lowest BCUT2D eigenvalue weighted by Crippen LogP contribution is -2.41. The Hall–Kier alpha value is -3.04. The fourth-order valence-electron chi connectivity index (χ4n) is 4.70. The second kappa shape index (κ2) is 14.0. The molecule has 0 N–H and O–H groups in total. The average molecular weight is 824 g/mol. The maximum atomic E-state index is 14.4. The normalized spacial score (nSPS) is 15.0. The molecule has 1 aromatic heterocycles. The monoisotopic (exact) mass is 822 g/mol. The van der Waals surface area contributed by atoms with Crippen molar-refractivity contribution in [3.63, 3.8) is 0 Å². The molecular formula is C31H21Cl3F3IN2O5S. The standard InChI is InChI=1S/C31H21Cl3F3IN2O5S/c1-3-44-29(42)24-25(16-4-7-18(32)8-5-16)40-28(41)23(46-30(40)39-27(24)31(35,36)37)12-15-10-21(38)26(22(11-15)43-2)45-14-17-6-9-19(33)13-20(17)34/h4-13,25H,3,14H2,1-2H3/b23-12-/t25-/m0/s1. The van der Waals surface area contributed by atoms with Crippen LogP contribution in [-0.4, -0.2) is 30.4 Å². The molecule has 0 fully saturated rings. The number of hydrogen-bond acceptors (Lipinski definition) is 7. The molecule has 0 radical (unpaired) electrons. The van der Waals surface area contributed by atoms with Gasteiger partial charge in [-0.3, -0.25) is 9.36 Å². The van der Waals surface area contributed by atoms with Gasteiger partial charge in [0.15, 0.2) is 22.0 Å². The number of hydrogen-bond donors (Lipinski definition) is 0. The summed E-state index contributed by atoms with van der Waals surface area (Å²) in [5.41, 5.74) is -1.46. The molecule has 240 valence electrons. The van der Waals surface area contributed by atoms with E-state index in [0.717, 1.165) is 15.9 Å². The van der Waals surface area contributed by atoms with Gasteiger partial charge in [0.25, 0.3) is 5.56 Å². The van der Waals surface area contributed by atoms with Crippen LogP contribution in [0.25, 0.3) is 6.08 Å². The van der Waals surface area contributed by atoms with E-state index in [4.69, 9.17) is 49.0 Å². The summed E-state index contributed by atoms with van der Waals surface area (Å²) in [7, 11) is 1.45. The Balaban J connectivity index is 1.63. The van der Waals surface area contributed by atoms with Gasteiger partial charge in [-0.15, -0.1) is 0 Å². The Morgan fingerprint density at radius 2 is 1.78 bits per heavy atom. The molecule has 0 aliphatic carbocycles. The van der Waals surface area contributed by atoms with E-state index in [9.17, 15) is 22.8 Å². The number of carbonyl (C=O) groups excluding carboxylic acids is 1. The van der Waals surface area contributed by atoms with Gasteiger partial charge in [-0.25, -0.2) is 9.79 Å². The summed E-state index contributed by atoms with van der Waals surface area (Å²) in [4.78, 5) is 30.4.